The zero-order valence-electron chi connectivity index (χ0n) is 16.5. The maximum absolute atomic E-state index is 6.88. The number of rotatable bonds is 4. The Balaban J connectivity index is 0.00000225. The fourth-order valence-electron chi connectivity index (χ4n) is 3.59. The Labute approximate surface area is 176 Å². The quantitative estimate of drug-likeness (QED) is 0.214. The topological polar surface area (TPSA) is 15.6 Å². The molecule has 0 aliphatic rings. The van der Waals surface area contributed by atoms with Crippen molar-refractivity contribution in [3.8, 4) is 11.3 Å². The van der Waals surface area contributed by atoms with Crippen LogP contribution in [0.5, 0.6) is 0 Å². The highest BCUT2D eigenvalue weighted by atomic mass is 35.5. The summed E-state index contributed by atoms with van der Waals surface area (Å²) in [5.41, 5.74) is 5.42. The minimum absolute atomic E-state index is 0. The van der Waals surface area contributed by atoms with E-state index in [1.165, 1.54) is 10.9 Å². The molecule has 0 fully saturated rings. The predicted molar refractivity (Wildman–Crippen MR) is 114 cm³/mol. The average molecular weight is 415 g/mol. The van der Waals surface area contributed by atoms with Crippen molar-refractivity contribution in [1.82, 2.24) is 14.1 Å². The Kier molecular flexibility index (Phi) is 5.84. The largest absolute Gasteiger partial charge is 1.00 e. The van der Waals surface area contributed by atoms with E-state index in [-0.39, 0.29) is 18.0 Å². The fourth-order valence-corrected chi connectivity index (χ4v) is 3.78. The average Bonchev–Trinajstić information content (AvgIpc) is 3.18. The van der Waals surface area contributed by atoms with Crippen LogP contribution in [0.15, 0.2) is 60.7 Å². The van der Waals surface area contributed by atoms with Gasteiger partial charge in [-0.15, -0.1) is 0 Å². The van der Waals surface area contributed by atoms with Crippen molar-refractivity contribution in [3.63, 3.8) is 0 Å². The first-order chi connectivity index (χ1) is 13.0. The van der Waals surface area contributed by atoms with Crippen LogP contribution in [0.25, 0.3) is 27.7 Å². The van der Waals surface area contributed by atoms with Crippen LogP contribution in [0.2, 0.25) is 0 Å². The van der Waals surface area contributed by atoms with E-state index in [0.29, 0.717) is 0 Å². The van der Waals surface area contributed by atoms with E-state index < -0.39 is 0 Å². The summed E-state index contributed by atoms with van der Waals surface area (Å²) in [5, 5.41) is 1.22. The first kappa shape index (κ1) is 20.5. The second kappa shape index (κ2) is 8.00. The number of aromatic nitrogens is 2. The highest BCUT2D eigenvalue weighted by Gasteiger charge is 2.24. The Hall–Kier alpha value is -2.27. The van der Waals surface area contributed by atoms with Crippen molar-refractivity contribution < 1.29 is 17.0 Å². The van der Waals surface area contributed by atoms with Gasteiger partial charge in [-0.2, -0.15) is 0 Å². The van der Waals surface area contributed by atoms with Crippen molar-refractivity contribution in [1.29, 1.82) is 0 Å². The molecule has 0 saturated carbocycles. The van der Waals surface area contributed by atoms with E-state index >= 15 is 0 Å². The SMILES string of the molecule is CN(C)C(Cl)n1c(-c2ccccc2)cc2c(C=[N+](C)C)c3ccccc3n21.[Cl-]. The van der Waals surface area contributed by atoms with Gasteiger partial charge in [-0.3, -0.25) is 4.90 Å². The molecule has 0 N–H and O–H groups in total. The molecule has 2 heterocycles. The third kappa shape index (κ3) is 3.32. The number of hydrogen-bond acceptors (Lipinski definition) is 1. The summed E-state index contributed by atoms with van der Waals surface area (Å²) in [7, 11) is 8.10. The molecule has 0 radical (unpaired) electrons. The summed E-state index contributed by atoms with van der Waals surface area (Å²) in [6.45, 7) is 0. The van der Waals surface area contributed by atoms with Gasteiger partial charge < -0.3 is 12.4 Å². The van der Waals surface area contributed by atoms with Crippen LogP contribution >= 0.6 is 11.6 Å². The van der Waals surface area contributed by atoms with Gasteiger partial charge in [0.1, 0.15) is 14.1 Å². The highest BCUT2D eigenvalue weighted by Crippen LogP contribution is 2.35. The number of alkyl halides is 1. The molecule has 0 spiro atoms. The normalized spacial score (nSPS) is 12.4. The zero-order valence-corrected chi connectivity index (χ0v) is 18.0. The first-order valence-electron chi connectivity index (χ1n) is 9.01. The maximum atomic E-state index is 6.88. The molecule has 1 unspecified atom stereocenters. The van der Waals surface area contributed by atoms with Gasteiger partial charge in [0.25, 0.3) is 0 Å². The van der Waals surface area contributed by atoms with E-state index in [9.17, 15) is 0 Å². The fraction of sp³-hybridized carbons (Fsp3) is 0.227. The van der Waals surface area contributed by atoms with Crippen LogP contribution in [0.1, 0.15) is 11.2 Å². The molecule has 0 saturated heterocycles. The number of nitrogens with zero attached hydrogens (tertiary/aromatic N) is 4. The van der Waals surface area contributed by atoms with Crippen molar-refractivity contribution in [2.45, 2.75) is 5.62 Å². The maximum Gasteiger partial charge on any atom is 0.178 e. The van der Waals surface area contributed by atoms with Crippen LogP contribution < -0.4 is 12.4 Å². The standard InChI is InChI=1S/C22H24ClN4.ClH/c1-24(2)15-18-17-12-8-9-13-19(17)26-21(18)14-20(16-10-6-5-7-11-16)27(26)22(23)25(3)4;/h5-15,22H,1-4H3;1H/q+1;/p-1. The van der Waals surface area contributed by atoms with E-state index in [0.717, 1.165) is 22.3 Å². The molecule has 4 aromatic rings. The molecule has 4 rings (SSSR count). The second-order valence-corrected chi connectivity index (χ2v) is 7.63. The van der Waals surface area contributed by atoms with E-state index in [4.69, 9.17) is 11.6 Å². The van der Waals surface area contributed by atoms with Crippen LogP contribution in [0.4, 0.5) is 0 Å². The lowest BCUT2D eigenvalue weighted by atomic mass is 10.1. The van der Waals surface area contributed by atoms with Crippen molar-refractivity contribution in [2.24, 2.45) is 0 Å². The summed E-state index contributed by atoms with van der Waals surface area (Å²) in [5.74, 6) is 0. The number of fused-ring (bicyclic) bond motifs is 3. The van der Waals surface area contributed by atoms with Gasteiger partial charge in [0.05, 0.1) is 22.3 Å². The molecule has 28 heavy (non-hydrogen) atoms. The molecule has 146 valence electrons. The molecule has 1 atom stereocenters. The van der Waals surface area contributed by atoms with Crippen molar-refractivity contribution in [3.05, 3.63) is 66.2 Å². The molecular weight excluding hydrogens is 391 g/mol. The Morgan fingerprint density at radius 3 is 2.25 bits per heavy atom. The smallest absolute Gasteiger partial charge is 0.178 e. The molecule has 0 amide bonds. The molecule has 6 heteroatoms. The summed E-state index contributed by atoms with van der Waals surface area (Å²) in [6, 6.07) is 21.1. The van der Waals surface area contributed by atoms with Crippen LogP contribution in [-0.2, 0) is 0 Å². The molecule has 0 aliphatic heterocycles. The van der Waals surface area contributed by atoms with Gasteiger partial charge in [-0.05, 0) is 31.8 Å². The van der Waals surface area contributed by atoms with Gasteiger partial charge in [0.15, 0.2) is 11.8 Å². The number of hydrogen-bond donors (Lipinski definition) is 0. The number of benzene rings is 2. The minimum atomic E-state index is -0.319. The van der Waals surface area contributed by atoms with Gasteiger partial charge in [-0.1, -0.05) is 60.1 Å². The number of halogens is 2. The number of para-hydroxylation sites is 1. The van der Waals surface area contributed by atoms with Gasteiger partial charge >= 0.3 is 0 Å². The molecule has 2 aromatic carbocycles. The van der Waals surface area contributed by atoms with Gasteiger partial charge in [0, 0.05) is 5.39 Å². The third-order valence-corrected chi connectivity index (χ3v) is 5.32. The van der Waals surface area contributed by atoms with Crippen LogP contribution in [0.3, 0.4) is 0 Å². The van der Waals surface area contributed by atoms with E-state index in [1.807, 2.05) is 25.1 Å². The monoisotopic (exact) mass is 414 g/mol. The Bertz CT molecular complexity index is 1140. The highest BCUT2D eigenvalue weighted by molar-refractivity contribution is 6.19. The zero-order chi connectivity index (χ0) is 19.1. The van der Waals surface area contributed by atoms with Crippen LogP contribution in [0, 0.1) is 0 Å². The molecule has 4 nitrogen and oxygen atoms in total. The molecular formula is C22H24Cl2N4. The van der Waals surface area contributed by atoms with Crippen LogP contribution in [-0.4, -0.2) is 53.1 Å². The van der Waals surface area contributed by atoms with E-state index in [1.54, 1.807) is 0 Å². The second-order valence-electron chi connectivity index (χ2n) is 7.24. The third-order valence-electron chi connectivity index (χ3n) is 4.75. The molecule has 0 aliphatic carbocycles. The Morgan fingerprint density at radius 1 is 0.964 bits per heavy atom. The van der Waals surface area contributed by atoms with Crippen molar-refractivity contribution >= 4 is 34.2 Å². The first-order valence-corrected chi connectivity index (χ1v) is 9.44. The Morgan fingerprint density at radius 2 is 1.61 bits per heavy atom. The molecule has 0 bridgehead atoms. The summed E-state index contributed by atoms with van der Waals surface area (Å²) in [4.78, 5) is 2.01. The predicted octanol–water partition coefficient (Wildman–Crippen LogP) is 1.51. The molecule has 2 aromatic heterocycles. The van der Waals surface area contributed by atoms with Crippen molar-refractivity contribution in [2.75, 3.05) is 28.2 Å². The van der Waals surface area contributed by atoms with E-state index in [2.05, 4.69) is 88.7 Å². The summed E-state index contributed by atoms with van der Waals surface area (Å²) < 4.78 is 6.50. The lowest BCUT2D eigenvalue weighted by Crippen LogP contribution is -3.00. The summed E-state index contributed by atoms with van der Waals surface area (Å²) in [6.07, 6.45) is 2.18. The van der Waals surface area contributed by atoms with Gasteiger partial charge in [0.2, 0.25) is 0 Å². The van der Waals surface area contributed by atoms with Gasteiger partial charge in [-0.25, -0.2) is 13.8 Å². The minimum Gasteiger partial charge on any atom is -1.00 e. The lowest BCUT2D eigenvalue weighted by Gasteiger charge is -2.23. The lowest BCUT2D eigenvalue weighted by molar-refractivity contribution is -0.458. The summed E-state index contributed by atoms with van der Waals surface area (Å²) >= 11 is 6.88.